The fourth-order valence-electron chi connectivity index (χ4n) is 1.30. The summed E-state index contributed by atoms with van der Waals surface area (Å²) in [6.45, 7) is 7.49. The highest BCUT2D eigenvalue weighted by Gasteiger charge is 2.23. The number of rotatable bonds is 5. The Morgan fingerprint density at radius 2 is 2.05 bits per heavy atom. The van der Waals surface area contributed by atoms with Gasteiger partial charge in [-0.25, -0.2) is 0 Å². The predicted octanol–water partition coefficient (Wildman–Crippen LogP) is 2.47. The SMILES string of the molecule is CCC(C)(C)NC(=O)C(C)NC(=O)c1ccc(Br)o1. The molecule has 2 amide bonds. The quantitative estimate of drug-likeness (QED) is 0.871. The number of hydrogen-bond acceptors (Lipinski definition) is 3. The Balaban J connectivity index is 2.57. The Morgan fingerprint density at radius 1 is 1.42 bits per heavy atom. The van der Waals surface area contributed by atoms with Gasteiger partial charge in [0.15, 0.2) is 10.4 Å². The van der Waals surface area contributed by atoms with Gasteiger partial charge in [-0.2, -0.15) is 0 Å². The summed E-state index contributed by atoms with van der Waals surface area (Å²) in [6, 6.07) is 2.54. The lowest BCUT2D eigenvalue weighted by Crippen LogP contribution is -2.51. The number of carbonyl (C=O) groups excluding carboxylic acids is 2. The van der Waals surface area contributed by atoms with Gasteiger partial charge in [-0.05, 0) is 55.3 Å². The summed E-state index contributed by atoms with van der Waals surface area (Å²) in [5, 5.41) is 5.46. The first-order chi connectivity index (χ1) is 8.75. The highest BCUT2D eigenvalue weighted by molar-refractivity contribution is 9.10. The number of furan rings is 1. The standard InChI is InChI=1S/C13H19BrN2O3/c1-5-13(3,4)16-11(17)8(2)15-12(18)9-6-7-10(14)19-9/h6-8H,5H2,1-4H3,(H,15,18)(H,16,17). The molecule has 1 unspecified atom stereocenters. The van der Waals surface area contributed by atoms with E-state index in [2.05, 4.69) is 26.6 Å². The molecule has 19 heavy (non-hydrogen) atoms. The van der Waals surface area contributed by atoms with Crippen molar-refractivity contribution in [3.63, 3.8) is 0 Å². The van der Waals surface area contributed by atoms with Gasteiger partial charge in [0, 0.05) is 5.54 Å². The van der Waals surface area contributed by atoms with Crippen LogP contribution in [-0.4, -0.2) is 23.4 Å². The van der Waals surface area contributed by atoms with Crippen molar-refractivity contribution < 1.29 is 14.0 Å². The minimum absolute atomic E-state index is 0.168. The van der Waals surface area contributed by atoms with Crippen LogP contribution in [0.25, 0.3) is 0 Å². The van der Waals surface area contributed by atoms with Crippen molar-refractivity contribution in [2.75, 3.05) is 0 Å². The van der Waals surface area contributed by atoms with Gasteiger partial charge < -0.3 is 15.1 Å². The number of hydrogen-bond donors (Lipinski definition) is 2. The van der Waals surface area contributed by atoms with E-state index in [1.54, 1.807) is 19.1 Å². The van der Waals surface area contributed by atoms with E-state index in [9.17, 15) is 9.59 Å². The molecular formula is C13H19BrN2O3. The van der Waals surface area contributed by atoms with Crippen LogP contribution in [0.3, 0.4) is 0 Å². The summed E-state index contributed by atoms with van der Waals surface area (Å²) in [6.07, 6.45) is 0.810. The molecule has 106 valence electrons. The van der Waals surface area contributed by atoms with Crippen molar-refractivity contribution in [1.82, 2.24) is 10.6 Å². The van der Waals surface area contributed by atoms with Gasteiger partial charge in [-0.1, -0.05) is 6.92 Å². The topological polar surface area (TPSA) is 71.3 Å². The second-order valence-corrected chi connectivity index (χ2v) is 5.81. The monoisotopic (exact) mass is 330 g/mol. The molecule has 0 saturated carbocycles. The molecule has 0 aliphatic carbocycles. The normalized spacial score (nSPS) is 12.9. The van der Waals surface area contributed by atoms with E-state index in [1.807, 2.05) is 20.8 Å². The summed E-state index contributed by atoms with van der Waals surface area (Å²) < 4.78 is 5.59. The van der Waals surface area contributed by atoms with Gasteiger partial charge in [0.25, 0.3) is 5.91 Å². The first kappa shape index (κ1) is 15.8. The van der Waals surface area contributed by atoms with E-state index in [-0.39, 0.29) is 17.2 Å². The molecule has 0 saturated heterocycles. The summed E-state index contributed by atoms with van der Waals surface area (Å²) in [5.74, 6) is -0.463. The molecule has 1 aromatic rings. The molecule has 0 fully saturated rings. The number of amides is 2. The first-order valence-electron chi connectivity index (χ1n) is 6.13. The molecule has 0 aliphatic rings. The molecule has 2 N–H and O–H groups in total. The van der Waals surface area contributed by atoms with Crippen LogP contribution in [0.4, 0.5) is 0 Å². The van der Waals surface area contributed by atoms with Crippen LogP contribution >= 0.6 is 15.9 Å². The number of nitrogens with one attached hydrogen (secondary N) is 2. The Morgan fingerprint density at radius 3 is 2.53 bits per heavy atom. The Labute approximate surface area is 121 Å². The van der Waals surface area contributed by atoms with Gasteiger partial charge in [-0.3, -0.25) is 9.59 Å². The van der Waals surface area contributed by atoms with Gasteiger partial charge in [0.05, 0.1) is 0 Å². The van der Waals surface area contributed by atoms with Crippen LogP contribution in [0, 0.1) is 0 Å². The molecule has 0 radical (unpaired) electrons. The lowest BCUT2D eigenvalue weighted by Gasteiger charge is -2.26. The van der Waals surface area contributed by atoms with Gasteiger partial charge >= 0.3 is 0 Å². The molecule has 5 nitrogen and oxygen atoms in total. The van der Waals surface area contributed by atoms with E-state index in [4.69, 9.17) is 4.42 Å². The van der Waals surface area contributed by atoms with Crippen molar-refractivity contribution in [2.24, 2.45) is 0 Å². The Kier molecular flexibility index (Phi) is 5.17. The summed E-state index contributed by atoms with van der Waals surface area (Å²) in [7, 11) is 0. The van der Waals surface area contributed by atoms with E-state index in [0.717, 1.165) is 6.42 Å². The molecule has 1 atom stereocenters. The van der Waals surface area contributed by atoms with Gasteiger partial charge in [0.2, 0.25) is 5.91 Å². The van der Waals surface area contributed by atoms with E-state index in [0.29, 0.717) is 4.67 Å². The highest BCUT2D eigenvalue weighted by atomic mass is 79.9. The van der Waals surface area contributed by atoms with E-state index >= 15 is 0 Å². The van der Waals surface area contributed by atoms with Crippen molar-refractivity contribution in [3.8, 4) is 0 Å². The van der Waals surface area contributed by atoms with Crippen LogP contribution < -0.4 is 10.6 Å². The fraction of sp³-hybridized carbons (Fsp3) is 0.538. The van der Waals surface area contributed by atoms with Crippen molar-refractivity contribution in [1.29, 1.82) is 0 Å². The molecule has 6 heteroatoms. The first-order valence-corrected chi connectivity index (χ1v) is 6.92. The Bertz CT molecular complexity index is 468. The molecule has 1 aromatic heterocycles. The maximum absolute atomic E-state index is 11.9. The zero-order valence-corrected chi connectivity index (χ0v) is 13.1. The fourth-order valence-corrected chi connectivity index (χ4v) is 1.61. The summed E-state index contributed by atoms with van der Waals surface area (Å²) >= 11 is 3.12. The molecule has 1 heterocycles. The second kappa shape index (κ2) is 6.23. The van der Waals surface area contributed by atoms with E-state index < -0.39 is 11.9 Å². The molecule has 0 aromatic carbocycles. The minimum Gasteiger partial charge on any atom is -0.444 e. The summed E-state index contributed by atoms with van der Waals surface area (Å²) in [5.41, 5.74) is -0.288. The number of carbonyl (C=O) groups is 2. The lowest BCUT2D eigenvalue weighted by molar-refractivity contribution is -0.124. The van der Waals surface area contributed by atoms with Crippen LogP contribution in [0.15, 0.2) is 21.2 Å². The third-order valence-corrected chi connectivity index (χ3v) is 3.31. The van der Waals surface area contributed by atoms with Gasteiger partial charge in [0.1, 0.15) is 6.04 Å². The van der Waals surface area contributed by atoms with Crippen molar-refractivity contribution >= 4 is 27.7 Å². The zero-order valence-electron chi connectivity index (χ0n) is 11.5. The smallest absolute Gasteiger partial charge is 0.287 e. The second-order valence-electron chi connectivity index (χ2n) is 5.03. The minimum atomic E-state index is -0.623. The molecule has 0 aliphatic heterocycles. The van der Waals surface area contributed by atoms with Crippen LogP contribution in [-0.2, 0) is 4.79 Å². The zero-order chi connectivity index (χ0) is 14.6. The molecule has 0 spiro atoms. The lowest BCUT2D eigenvalue weighted by atomic mass is 10.0. The van der Waals surface area contributed by atoms with Crippen LogP contribution in [0.5, 0.6) is 0 Å². The van der Waals surface area contributed by atoms with Crippen molar-refractivity contribution in [2.45, 2.75) is 45.7 Å². The average Bonchev–Trinajstić information content (AvgIpc) is 2.75. The summed E-state index contributed by atoms with van der Waals surface area (Å²) in [4.78, 5) is 23.7. The molecule has 0 bridgehead atoms. The third kappa shape index (κ3) is 4.70. The maximum Gasteiger partial charge on any atom is 0.287 e. The molecular weight excluding hydrogens is 312 g/mol. The largest absolute Gasteiger partial charge is 0.444 e. The highest BCUT2D eigenvalue weighted by Crippen LogP contribution is 2.14. The predicted molar refractivity (Wildman–Crippen MR) is 75.8 cm³/mol. The van der Waals surface area contributed by atoms with E-state index in [1.165, 1.54) is 0 Å². The van der Waals surface area contributed by atoms with Crippen molar-refractivity contribution in [3.05, 3.63) is 22.6 Å². The average molecular weight is 331 g/mol. The maximum atomic E-state index is 11.9. The van der Waals surface area contributed by atoms with Crippen LogP contribution in [0.2, 0.25) is 0 Å². The Hall–Kier alpha value is -1.30. The third-order valence-electron chi connectivity index (χ3n) is 2.88. The number of halogens is 1. The molecule has 1 rings (SSSR count). The van der Waals surface area contributed by atoms with Gasteiger partial charge in [-0.15, -0.1) is 0 Å². The van der Waals surface area contributed by atoms with Crippen LogP contribution in [0.1, 0.15) is 44.7 Å².